The second-order valence-corrected chi connectivity index (χ2v) is 5.74. The lowest BCUT2D eigenvalue weighted by atomic mass is 10.2. The second-order valence-electron chi connectivity index (χ2n) is 5.74. The maximum absolute atomic E-state index is 12.2. The normalized spacial score (nSPS) is 15.7. The van der Waals surface area contributed by atoms with E-state index in [1.807, 2.05) is 23.9 Å². The summed E-state index contributed by atoms with van der Waals surface area (Å²) in [5, 5.41) is 7.40. The molecule has 5 nitrogen and oxygen atoms in total. The van der Waals surface area contributed by atoms with Gasteiger partial charge in [0.05, 0.1) is 0 Å². The molecule has 2 aromatic heterocycles. The Kier molecular flexibility index (Phi) is 4.20. The van der Waals surface area contributed by atoms with E-state index >= 15 is 0 Å². The smallest absolute Gasteiger partial charge is 0.240 e. The number of rotatable bonds is 5. The van der Waals surface area contributed by atoms with Crippen molar-refractivity contribution in [2.75, 3.05) is 7.05 Å². The number of pyridine rings is 1. The van der Waals surface area contributed by atoms with E-state index in [1.54, 1.807) is 6.20 Å². The summed E-state index contributed by atoms with van der Waals surface area (Å²) in [6.45, 7) is 1.12. The van der Waals surface area contributed by atoms with Crippen molar-refractivity contribution >= 4 is 16.9 Å². The van der Waals surface area contributed by atoms with E-state index < -0.39 is 0 Å². The van der Waals surface area contributed by atoms with Gasteiger partial charge in [-0.1, -0.05) is 12.8 Å². The summed E-state index contributed by atoms with van der Waals surface area (Å²) >= 11 is 0. The topological polar surface area (TPSA) is 59.0 Å². The van der Waals surface area contributed by atoms with Crippen LogP contribution in [0, 0.1) is 0 Å². The molecule has 0 spiro atoms. The number of carbonyl (C=O) groups is 1. The van der Waals surface area contributed by atoms with Crippen LogP contribution in [0.2, 0.25) is 0 Å². The van der Waals surface area contributed by atoms with Gasteiger partial charge in [0.25, 0.3) is 0 Å². The molecule has 3 rings (SSSR count). The summed E-state index contributed by atoms with van der Waals surface area (Å²) in [6, 6.07) is 4.36. The first-order valence-corrected chi connectivity index (χ1v) is 7.64. The highest BCUT2D eigenvalue weighted by Gasteiger charge is 2.18. The molecule has 0 atom stereocenters. The Balaban J connectivity index is 1.78. The quantitative estimate of drug-likeness (QED) is 0.881. The van der Waals surface area contributed by atoms with Gasteiger partial charge in [0.15, 0.2) is 0 Å². The molecule has 0 radical (unpaired) electrons. The lowest BCUT2D eigenvalue weighted by Crippen LogP contribution is -2.35. The van der Waals surface area contributed by atoms with Crippen LogP contribution in [0.25, 0.3) is 11.0 Å². The minimum atomic E-state index is 0.0838. The van der Waals surface area contributed by atoms with Gasteiger partial charge >= 0.3 is 0 Å². The molecule has 0 aliphatic heterocycles. The van der Waals surface area contributed by atoms with E-state index in [0.717, 1.165) is 30.4 Å². The Bertz CT molecular complexity index is 628. The number of fused-ring (bicyclic) bond motifs is 1. The van der Waals surface area contributed by atoms with E-state index in [0.29, 0.717) is 12.6 Å². The van der Waals surface area contributed by atoms with Crippen molar-refractivity contribution in [3.63, 3.8) is 0 Å². The van der Waals surface area contributed by atoms with E-state index in [4.69, 9.17) is 0 Å². The van der Waals surface area contributed by atoms with Gasteiger partial charge in [-0.2, -0.15) is 0 Å². The molecule has 112 valence electrons. The third kappa shape index (κ3) is 3.08. The Morgan fingerprint density at radius 3 is 3.00 bits per heavy atom. The van der Waals surface area contributed by atoms with Gasteiger partial charge in [-0.25, -0.2) is 4.98 Å². The van der Waals surface area contributed by atoms with Crippen LogP contribution in [0.4, 0.5) is 0 Å². The molecular formula is C16H22N4O. The molecule has 2 aromatic rings. The van der Waals surface area contributed by atoms with Crippen LogP contribution < -0.4 is 10.6 Å². The molecule has 1 aliphatic carbocycles. The van der Waals surface area contributed by atoms with Gasteiger partial charge in [-0.05, 0) is 37.6 Å². The van der Waals surface area contributed by atoms with Crippen LogP contribution in [-0.2, 0) is 17.9 Å². The minimum Gasteiger partial charge on any atom is -0.352 e. The molecule has 5 heteroatoms. The Hall–Kier alpha value is -1.88. The molecular weight excluding hydrogens is 264 g/mol. The van der Waals surface area contributed by atoms with Gasteiger partial charge in [0.2, 0.25) is 5.91 Å². The summed E-state index contributed by atoms with van der Waals surface area (Å²) in [5.41, 5.74) is 2.05. The van der Waals surface area contributed by atoms with E-state index in [-0.39, 0.29) is 5.91 Å². The maximum Gasteiger partial charge on any atom is 0.240 e. The molecule has 2 heterocycles. The maximum atomic E-state index is 12.2. The molecule has 0 bridgehead atoms. The molecule has 1 amide bonds. The monoisotopic (exact) mass is 286 g/mol. The van der Waals surface area contributed by atoms with Gasteiger partial charge in [0, 0.05) is 30.4 Å². The summed E-state index contributed by atoms with van der Waals surface area (Å²) in [7, 11) is 1.92. The number of amides is 1. The lowest BCUT2D eigenvalue weighted by molar-refractivity contribution is -0.122. The van der Waals surface area contributed by atoms with Crippen molar-refractivity contribution in [1.29, 1.82) is 0 Å². The fourth-order valence-corrected chi connectivity index (χ4v) is 3.15. The molecule has 2 N–H and O–H groups in total. The van der Waals surface area contributed by atoms with Crippen LogP contribution in [0.15, 0.2) is 24.5 Å². The van der Waals surface area contributed by atoms with Crippen molar-refractivity contribution in [3.05, 3.63) is 30.1 Å². The highest BCUT2D eigenvalue weighted by atomic mass is 16.2. The summed E-state index contributed by atoms with van der Waals surface area (Å²) in [5.74, 6) is 0.0838. The van der Waals surface area contributed by atoms with Crippen LogP contribution in [-0.4, -0.2) is 28.5 Å². The number of hydrogen-bond donors (Lipinski definition) is 2. The number of aromatic nitrogens is 2. The highest BCUT2D eigenvalue weighted by Crippen LogP contribution is 2.20. The van der Waals surface area contributed by atoms with Crippen molar-refractivity contribution in [2.24, 2.45) is 0 Å². The number of nitrogens with one attached hydrogen (secondary N) is 2. The zero-order valence-electron chi connectivity index (χ0n) is 12.4. The Labute approximate surface area is 124 Å². The standard InChI is InChI=1S/C16H22N4O/c1-17-9-12-10-20(16-14(12)7-4-8-18-16)11-15(21)19-13-5-2-3-6-13/h4,7-8,10,13,17H,2-3,5-6,9,11H2,1H3,(H,19,21). The summed E-state index contributed by atoms with van der Waals surface area (Å²) < 4.78 is 1.95. The van der Waals surface area contributed by atoms with Crippen LogP contribution in [0.5, 0.6) is 0 Å². The van der Waals surface area contributed by atoms with Crippen LogP contribution >= 0.6 is 0 Å². The largest absolute Gasteiger partial charge is 0.352 e. The average molecular weight is 286 g/mol. The first kappa shape index (κ1) is 14.1. The third-order valence-electron chi connectivity index (χ3n) is 4.12. The van der Waals surface area contributed by atoms with E-state index in [2.05, 4.69) is 21.7 Å². The summed E-state index contributed by atoms with van der Waals surface area (Å²) in [6.07, 6.45) is 8.48. The average Bonchev–Trinajstić information content (AvgIpc) is 3.09. The fraction of sp³-hybridized carbons (Fsp3) is 0.500. The predicted octanol–water partition coefficient (Wildman–Crippen LogP) is 1.81. The third-order valence-corrected chi connectivity index (χ3v) is 4.12. The van der Waals surface area contributed by atoms with Crippen molar-refractivity contribution < 1.29 is 4.79 Å². The SMILES string of the molecule is CNCc1cn(CC(=O)NC2CCCC2)c2ncccc12. The van der Waals surface area contributed by atoms with Crippen molar-refractivity contribution in [1.82, 2.24) is 20.2 Å². The predicted molar refractivity (Wildman–Crippen MR) is 82.9 cm³/mol. The van der Waals surface area contributed by atoms with Gasteiger partial charge in [-0.3, -0.25) is 4.79 Å². The van der Waals surface area contributed by atoms with Gasteiger partial charge in [-0.15, -0.1) is 0 Å². The zero-order chi connectivity index (χ0) is 14.7. The number of carbonyl (C=O) groups excluding carboxylic acids is 1. The molecule has 0 saturated heterocycles. The fourth-order valence-electron chi connectivity index (χ4n) is 3.15. The van der Waals surface area contributed by atoms with Crippen LogP contribution in [0.3, 0.4) is 0 Å². The molecule has 1 aliphatic rings. The van der Waals surface area contributed by atoms with Crippen LogP contribution in [0.1, 0.15) is 31.2 Å². The minimum absolute atomic E-state index is 0.0838. The zero-order valence-corrected chi connectivity index (χ0v) is 12.4. The van der Waals surface area contributed by atoms with Gasteiger partial charge < -0.3 is 15.2 Å². The van der Waals surface area contributed by atoms with E-state index in [9.17, 15) is 4.79 Å². The molecule has 1 saturated carbocycles. The Morgan fingerprint density at radius 2 is 2.24 bits per heavy atom. The molecule has 0 aromatic carbocycles. The molecule has 21 heavy (non-hydrogen) atoms. The number of hydrogen-bond acceptors (Lipinski definition) is 3. The van der Waals surface area contributed by atoms with E-state index in [1.165, 1.54) is 18.4 Å². The molecule has 0 unspecified atom stereocenters. The lowest BCUT2D eigenvalue weighted by Gasteiger charge is -2.12. The second kappa shape index (κ2) is 6.26. The first-order valence-electron chi connectivity index (χ1n) is 7.64. The highest BCUT2D eigenvalue weighted by molar-refractivity contribution is 5.83. The van der Waals surface area contributed by atoms with Gasteiger partial charge in [0.1, 0.15) is 12.2 Å². The summed E-state index contributed by atoms with van der Waals surface area (Å²) in [4.78, 5) is 16.6. The number of nitrogens with zero attached hydrogens (tertiary/aromatic N) is 2. The Morgan fingerprint density at radius 1 is 1.43 bits per heavy atom. The van der Waals surface area contributed by atoms with Crippen molar-refractivity contribution in [3.8, 4) is 0 Å². The van der Waals surface area contributed by atoms with Crippen molar-refractivity contribution in [2.45, 2.75) is 44.8 Å². The molecule has 1 fully saturated rings. The first-order chi connectivity index (χ1) is 10.3.